The Morgan fingerprint density at radius 3 is 2.67 bits per heavy atom. The van der Waals surface area contributed by atoms with E-state index in [-0.39, 0.29) is 0 Å². The van der Waals surface area contributed by atoms with Crippen molar-refractivity contribution in [3.63, 3.8) is 0 Å². The molecule has 18 heavy (non-hydrogen) atoms. The van der Waals surface area contributed by atoms with Gasteiger partial charge >= 0.3 is 0 Å². The molecule has 100 valence electrons. The highest BCUT2D eigenvalue weighted by Crippen LogP contribution is 2.25. The Bertz CT molecular complexity index is 540. The highest BCUT2D eigenvalue weighted by molar-refractivity contribution is 7.89. The van der Waals surface area contributed by atoms with E-state index in [1.807, 2.05) is 13.0 Å². The van der Waals surface area contributed by atoms with Crippen LogP contribution in [0.3, 0.4) is 0 Å². The zero-order valence-electron chi connectivity index (χ0n) is 10.9. The first kappa shape index (κ1) is 13.5. The van der Waals surface area contributed by atoms with E-state index < -0.39 is 10.0 Å². The van der Waals surface area contributed by atoms with Crippen LogP contribution in [0.2, 0.25) is 0 Å². The molecule has 5 heteroatoms. The van der Waals surface area contributed by atoms with E-state index in [1.165, 1.54) is 0 Å². The topological polar surface area (TPSA) is 63.4 Å². The lowest BCUT2D eigenvalue weighted by atomic mass is 10.1. The van der Waals surface area contributed by atoms with Crippen LogP contribution in [0.1, 0.15) is 24.5 Å². The van der Waals surface area contributed by atoms with E-state index >= 15 is 0 Å². The van der Waals surface area contributed by atoms with Crippen LogP contribution in [0.5, 0.6) is 0 Å². The van der Waals surface area contributed by atoms with Crippen LogP contribution in [-0.4, -0.2) is 25.8 Å². The maximum Gasteiger partial charge on any atom is 0.243 e. The first-order chi connectivity index (χ1) is 8.45. The van der Waals surface area contributed by atoms with E-state index in [2.05, 4.69) is 6.92 Å². The number of nitrogens with zero attached hydrogens (tertiary/aromatic N) is 1. The zero-order valence-corrected chi connectivity index (χ0v) is 11.7. The second-order valence-corrected chi connectivity index (χ2v) is 6.99. The fourth-order valence-corrected chi connectivity index (χ4v) is 3.98. The average Bonchev–Trinajstić information content (AvgIpc) is 2.76. The van der Waals surface area contributed by atoms with Crippen molar-refractivity contribution in [1.82, 2.24) is 4.31 Å². The van der Waals surface area contributed by atoms with Crippen LogP contribution < -0.4 is 5.73 Å². The molecule has 1 atom stereocenters. The first-order valence-electron chi connectivity index (χ1n) is 6.25. The van der Waals surface area contributed by atoms with E-state index in [0.29, 0.717) is 30.4 Å². The van der Waals surface area contributed by atoms with E-state index in [9.17, 15) is 8.42 Å². The lowest BCUT2D eigenvalue weighted by molar-refractivity contribution is 0.464. The molecule has 1 aliphatic rings. The molecule has 0 spiro atoms. The Labute approximate surface area is 109 Å². The zero-order chi connectivity index (χ0) is 13.3. The van der Waals surface area contributed by atoms with Gasteiger partial charge in [0.1, 0.15) is 0 Å². The van der Waals surface area contributed by atoms with Gasteiger partial charge in [-0.3, -0.25) is 0 Å². The van der Waals surface area contributed by atoms with Crippen molar-refractivity contribution in [3.05, 3.63) is 29.3 Å². The third-order valence-corrected chi connectivity index (χ3v) is 5.42. The molecule has 0 saturated carbocycles. The van der Waals surface area contributed by atoms with Crippen molar-refractivity contribution in [2.45, 2.75) is 31.7 Å². The molecule has 1 saturated heterocycles. The normalized spacial score (nSPS) is 21.4. The number of aryl methyl sites for hydroxylation is 1. The Hall–Kier alpha value is -0.910. The lowest BCUT2D eigenvalue weighted by Gasteiger charge is -2.17. The summed E-state index contributed by atoms with van der Waals surface area (Å²) in [5.41, 5.74) is 7.52. The first-order valence-corrected chi connectivity index (χ1v) is 7.69. The predicted molar refractivity (Wildman–Crippen MR) is 71.6 cm³/mol. The van der Waals surface area contributed by atoms with Gasteiger partial charge in [0.05, 0.1) is 4.90 Å². The molecule has 0 aromatic heterocycles. The summed E-state index contributed by atoms with van der Waals surface area (Å²) in [7, 11) is -3.33. The van der Waals surface area contributed by atoms with Gasteiger partial charge in [-0.2, -0.15) is 4.31 Å². The van der Waals surface area contributed by atoms with E-state index in [1.54, 1.807) is 16.4 Å². The Morgan fingerprint density at radius 2 is 2.17 bits per heavy atom. The fraction of sp³-hybridized carbons (Fsp3) is 0.538. The Balaban J connectivity index is 2.33. The minimum atomic E-state index is -3.33. The molecule has 1 heterocycles. The molecule has 1 aromatic rings. The number of benzene rings is 1. The quantitative estimate of drug-likeness (QED) is 0.903. The third-order valence-electron chi connectivity index (χ3n) is 3.56. The second-order valence-electron chi connectivity index (χ2n) is 5.05. The van der Waals surface area contributed by atoms with E-state index in [4.69, 9.17) is 5.73 Å². The lowest BCUT2D eigenvalue weighted by Crippen LogP contribution is -2.28. The van der Waals surface area contributed by atoms with Gasteiger partial charge in [-0.1, -0.05) is 13.0 Å². The minimum absolute atomic E-state index is 0.381. The van der Waals surface area contributed by atoms with Crippen LogP contribution >= 0.6 is 0 Å². The fourth-order valence-electron chi connectivity index (χ4n) is 2.32. The van der Waals surface area contributed by atoms with Gasteiger partial charge in [0.25, 0.3) is 0 Å². The Morgan fingerprint density at radius 1 is 1.44 bits per heavy atom. The molecule has 0 amide bonds. The summed E-state index contributed by atoms with van der Waals surface area (Å²) in [6, 6.07) is 5.19. The SMILES string of the molecule is Cc1cc(S(=O)(=O)N2CCC(C)C2)ccc1CN. The molecule has 0 aliphatic carbocycles. The summed E-state index contributed by atoms with van der Waals surface area (Å²) in [4.78, 5) is 0.381. The number of sulfonamides is 1. The van der Waals surface area contributed by atoms with Gasteiger partial charge in [0, 0.05) is 19.6 Å². The molecule has 4 nitrogen and oxygen atoms in total. The van der Waals surface area contributed by atoms with Crippen molar-refractivity contribution in [2.24, 2.45) is 11.7 Å². The van der Waals surface area contributed by atoms with Gasteiger partial charge in [-0.05, 0) is 42.5 Å². The molecule has 2 N–H and O–H groups in total. The standard InChI is InChI=1S/C13H20N2O2S/c1-10-5-6-15(9-10)18(16,17)13-4-3-12(8-14)11(2)7-13/h3-4,7,10H,5-6,8-9,14H2,1-2H3. The second kappa shape index (κ2) is 4.99. The number of nitrogens with two attached hydrogens (primary N) is 1. The molecule has 2 rings (SSSR count). The van der Waals surface area contributed by atoms with Crippen molar-refractivity contribution in [2.75, 3.05) is 13.1 Å². The summed E-state index contributed by atoms with van der Waals surface area (Å²) >= 11 is 0. The van der Waals surface area contributed by atoms with Crippen LogP contribution in [0, 0.1) is 12.8 Å². The highest BCUT2D eigenvalue weighted by atomic mass is 32.2. The van der Waals surface area contributed by atoms with E-state index in [0.717, 1.165) is 17.5 Å². The largest absolute Gasteiger partial charge is 0.326 e. The third kappa shape index (κ3) is 2.43. The molecular formula is C13H20N2O2S. The van der Waals surface area contributed by atoms with Crippen molar-refractivity contribution >= 4 is 10.0 Å². The monoisotopic (exact) mass is 268 g/mol. The van der Waals surface area contributed by atoms with Gasteiger partial charge in [-0.25, -0.2) is 8.42 Å². The summed E-state index contributed by atoms with van der Waals surface area (Å²) in [6.45, 7) is 5.67. The molecule has 1 unspecified atom stereocenters. The summed E-state index contributed by atoms with van der Waals surface area (Å²) in [5, 5.41) is 0. The van der Waals surface area contributed by atoms with Crippen LogP contribution in [0.15, 0.2) is 23.1 Å². The molecule has 1 fully saturated rings. The van der Waals surface area contributed by atoms with Gasteiger partial charge in [0.15, 0.2) is 0 Å². The summed E-state index contributed by atoms with van der Waals surface area (Å²) in [5.74, 6) is 0.448. The molecule has 1 aliphatic heterocycles. The summed E-state index contributed by atoms with van der Waals surface area (Å²) in [6.07, 6.45) is 0.944. The smallest absolute Gasteiger partial charge is 0.243 e. The Kier molecular flexibility index (Phi) is 3.75. The van der Waals surface area contributed by atoms with Crippen LogP contribution in [0.4, 0.5) is 0 Å². The highest BCUT2D eigenvalue weighted by Gasteiger charge is 2.30. The molecular weight excluding hydrogens is 248 g/mol. The minimum Gasteiger partial charge on any atom is -0.326 e. The van der Waals surface area contributed by atoms with Gasteiger partial charge < -0.3 is 5.73 Å². The molecule has 0 bridgehead atoms. The van der Waals surface area contributed by atoms with Crippen molar-refractivity contribution in [3.8, 4) is 0 Å². The van der Waals surface area contributed by atoms with Crippen LogP contribution in [0.25, 0.3) is 0 Å². The number of hydrogen-bond acceptors (Lipinski definition) is 3. The van der Waals surface area contributed by atoms with Gasteiger partial charge in [-0.15, -0.1) is 0 Å². The maximum absolute atomic E-state index is 12.4. The maximum atomic E-state index is 12.4. The molecule has 0 radical (unpaired) electrons. The molecule has 1 aromatic carbocycles. The van der Waals surface area contributed by atoms with Crippen molar-refractivity contribution < 1.29 is 8.42 Å². The predicted octanol–water partition coefficient (Wildman–Crippen LogP) is 1.48. The van der Waals surface area contributed by atoms with Crippen LogP contribution in [-0.2, 0) is 16.6 Å². The summed E-state index contributed by atoms with van der Waals surface area (Å²) < 4.78 is 26.4. The number of rotatable bonds is 3. The number of hydrogen-bond donors (Lipinski definition) is 1. The van der Waals surface area contributed by atoms with Crippen molar-refractivity contribution in [1.29, 1.82) is 0 Å². The average molecular weight is 268 g/mol. The van der Waals surface area contributed by atoms with Gasteiger partial charge in [0.2, 0.25) is 10.0 Å².